The first-order chi connectivity index (χ1) is 8.13. The average molecular weight is 230 g/mol. The van der Waals surface area contributed by atoms with Gasteiger partial charge in [-0.1, -0.05) is 6.92 Å². The molecule has 0 saturated heterocycles. The SMILES string of the molecule is CC1CCc2nc3c(N)nc(N)nc3nc2C1. The minimum atomic E-state index is 0.146. The highest BCUT2D eigenvalue weighted by Gasteiger charge is 2.19. The monoisotopic (exact) mass is 230 g/mol. The third-order valence-electron chi connectivity index (χ3n) is 3.15. The Kier molecular flexibility index (Phi) is 2.10. The first-order valence-corrected chi connectivity index (χ1v) is 5.72. The van der Waals surface area contributed by atoms with Crippen molar-refractivity contribution in [3.05, 3.63) is 11.4 Å². The van der Waals surface area contributed by atoms with Gasteiger partial charge < -0.3 is 11.5 Å². The lowest BCUT2D eigenvalue weighted by molar-refractivity contribution is 0.486. The molecule has 2 aromatic rings. The molecule has 6 heteroatoms. The van der Waals surface area contributed by atoms with E-state index in [1.54, 1.807) is 0 Å². The van der Waals surface area contributed by atoms with Crippen molar-refractivity contribution in [2.24, 2.45) is 5.92 Å². The van der Waals surface area contributed by atoms with Crippen molar-refractivity contribution in [2.75, 3.05) is 11.5 Å². The maximum Gasteiger partial charge on any atom is 0.224 e. The molecule has 6 nitrogen and oxygen atoms in total. The summed E-state index contributed by atoms with van der Waals surface area (Å²) in [5.41, 5.74) is 14.5. The van der Waals surface area contributed by atoms with Crippen molar-refractivity contribution >= 4 is 22.9 Å². The van der Waals surface area contributed by atoms with Gasteiger partial charge >= 0.3 is 0 Å². The van der Waals surface area contributed by atoms with Crippen molar-refractivity contribution < 1.29 is 0 Å². The van der Waals surface area contributed by atoms with Gasteiger partial charge in [0.15, 0.2) is 17.0 Å². The lowest BCUT2D eigenvalue weighted by atomic mass is 9.91. The highest BCUT2D eigenvalue weighted by atomic mass is 15.1. The van der Waals surface area contributed by atoms with E-state index in [1.807, 2.05) is 0 Å². The summed E-state index contributed by atoms with van der Waals surface area (Å²) in [5, 5.41) is 0. The van der Waals surface area contributed by atoms with Crippen LogP contribution in [0.25, 0.3) is 11.2 Å². The van der Waals surface area contributed by atoms with E-state index in [-0.39, 0.29) is 5.95 Å². The van der Waals surface area contributed by atoms with Crippen LogP contribution < -0.4 is 11.5 Å². The molecule has 1 unspecified atom stereocenters. The van der Waals surface area contributed by atoms with Gasteiger partial charge in [-0.05, 0) is 25.2 Å². The van der Waals surface area contributed by atoms with Gasteiger partial charge in [-0.25, -0.2) is 9.97 Å². The zero-order chi connectivity index (χ0) is 12.0. The number of rotatable bonds is 0. The lowest BCUT2D eigenvalue weighted by Gasteiger charge is -2.19. The van der Waals surface area contributed by atoms with Crippen molar-refractivity contribution in [1.29, 1.82) is 0 Å². The summed E-state index contributed by atoms with van der Waals surface area (Å²) in [6, 6.07) is 0. The summed E-state index contributed by atoms with van der Waals surface area (Å²) in [7, 11) is 0. The molecule has 88 valence electrons. The lowest BCUT2D eigenvalue weighted by Crippen LogP contribution is -2.16. The zero-order valence-corrected chi connectivity index (χ0v) is 9.64. The van der Waals surface area contributed by atoms with E-state index in [0.717, 1.165) is 30.7 Å². The van der Waals surface area contributed by atoms with E-state index in [1.165, 1.54) is 0 Å². The number of nitrogen functional groups attached to an aromatic ring is 2. The number of aryl methyl sites for hydroxylation is 1. The molecule has 0 aliphatic heterocycles. The summed E-state index contributed by atoms with van der Waals surface area (Å²) in [6.45, 7) is 2.22. The van der Waals surface area contributed by atoms with E-state index in [4.69, 9.17) is 11.5 Å². The Morgan fingerprint density at radius 3 is 2.71 bits per heavy atom. The van der Waals surface area contributed by atoms with Crippen molar-refractivity contribution in [3.8, 4) is 0 Å². The Morgan fingerprint density at radius 1 is 1.06 bits per heavy atom. The van der Waals surface area contributed by atoms with E-state index in [2.05, 4.69) is 26.9 Å². The van der Waals surface area contributed by atoms with Crippen LogP contribution in [0.1, 0.15) is 24.7 Å². The van der Waals surface area contributed by atoms with Gasteiger partial charge in [-0.2, -0.15) is 9.97 Å². The number of hydrogen-bond acceptors (Lipinski definition) is 6. The molecule has 0 amide bonds. The molecule has 0 fully saturated rings. The van der Waals surface area contributed by atoms with Crippen LogP contribution in [0.4, 0.5) is 11.8 Å². The first kappa shape index (κ1) is 10.2. The minimum absolute atomic E-state index is 0.146. The number of aromatic nitrogens is 4. The van der Waals surface area contributed by atoms with Crippen molar-refractivity contribution in [2.45, 2.75) is 26.2 Å². The van der Waals surface area contributed by atoms with Crippen LogP contribution in [0.15, 0.2) is 0 Å². The summed E-state index contributed by atoms with van der Waals surface area (Å²) in [5.74, 6) is 1.10. The van der Waals surface area contributed by atoms with Gasteiger partial charge in [-0.3, -0.25) is 0 Å². The van der Waals surface area contributed by atoms with Crippen LogP contribution in [0.5, 0.6) is 0 Å². The molecule has 2 aromatic heterocycles. The average Bonchev–Trinajstić information content (AvgIpc) is 2.26. The van der Waals surface area contributed by atoms with Crippen molar-refractivity contribution in [3.63, 3.8) is 0 Å². The highest BCUT2D eigenvalue weighted by molar-refractivity contribution is 5.82. The quantitative estimate of drug-likeness (QED) is 0.690. The molecule has 3 rings (SSSR count). The molecule has 0 aromatic carbocycles. The summed E-state index contributed by atoms with van der Waals surface area (Å²) in [4.78, 5) is 17.0. The van der Waals surface area contributed by atoms with Gasteiger partial charge in [0.25, 0.3) is 0 Å². The standard InChI is InChI=1S/C11H14N6/c1-5-2-3-6-7(4-5)15-10-8(14-6)9(12)16-11(13)17-10/h5H,2-4H2,1H3,(H4,12,13,15,16,17). The van der Waals surface area contributed by atoms with Gasteiger partial charge in [0.05, 0.1) is 11.4 Å². The van der Waals surface area contributed by atoms with Gasteiger partial charge in [0.1, 0.15) is 0 Å². The predicted molar refractivity (Wildman–Crippen MR) is 65.1 cm³/mol. The van der Waals surface area contributed by atoms with Crippen LogP contribution in [-0.2, 0) is 12.8 Å². The Labute approximate surface area is 98.5 Å². The molecule has 1 aliphatic carbocycles. The van der Waals surface area contributed by atoms with E-state index >= 15 is 0 Å². The molecule has 0 bridgehead atoms. The molecular weight excluding hydrogens is 216 g/mol. The third-order valence-corrected chi connectivity index (χ3v) is 3.15. The third kappa shape index (κ3) is 1.65. The molecule has 4 N–H and O–H groups in total. The first-order valence-electron chi connectivity index (χ1n) is 5.72. The summed E-state index contributed by atoms with van der Waals surface area (Å²) in [6.07, 6.45) is 3.04. The van der Waals surface area contributed by atoms with E-state index in [0.29, 0.717) is 22.9 Å². The maximum absolute atomic E-state index is 5.78. The van der Waals surface area contributed by atoms with Gasteiger partial charge in [0.2, 0.25) is 5.95 Å². The largest absolute Gasteiger partial charge is 0.382 e. The normalized spacial score (nSPS) is 19.2. The number of nitrogens with zero attached hydrogens (tertiary/aromatic N) is 4. The fourth-order valence-corrected chi connectivity index (χ4v) is 2.23. The van der Waals surface area contributed by atoms with Crippen molar-refractivity contribution in [1.82, 2.24) is 19.9 Å². The number of fused-ring (bicyclic) bond motifs is 2. The van der Waals surface area contributed by atoms with E-state index < -0.39 is 0 Å². The fourth-order valence-electron chi connectivity index (χ4n) is 2.23. The highest BCUT2D eigenvalue weighted by Crippen LogP contribution is 2.25. The maximum atomic E-state index is 5.78. The smallest absolute Gasteiger partial charge is 0.224 e. The zero-order valence-electron chi connectivity index (χ0n) is 9.64. The number of anilines is 2. The topological polar surface area (TPSA) is 104 Å². The Bertz CT molecular complexity index is 594. The van der Waals surface area contributed by atoms with Crippen LogP contribution in [0.3, 0.4) is 0 Å². The predicted octanol–water partition coefficient (Wildman–Crippen LogP) is 0.709. The molecule has 0 radical (unpaired) electrons. The van der Waals surface area contributed by atoms with Crippen LogP contribution in [0.2, 0.25) is 0 Å². The second-order valence-corrected chi connectivity index (χ2v) is 4.60. The minimum Gasteiger partial charge on any atom is -0.382 e. The van der Waals surface area contributed by atoms with E-state index in [9.17, 15) is 0 Å². The van der Waals surface area contributed by atoms with Crippen LogP contribution in [0, 0.1) is 5.92 Å². The second kappa shape index (κ2) is 3.51. The molecule has 17 heavy (non-hydrogen) atoms. The summed E-state index contributed by atoms with van der Waals surface area (Å²) >= 11 is 0. The van der Waals surface area contributed by atoms with Gasteiger partial charge in [-0.15, -0.1) is 0 Å². The molecular formula is C11H14N6. The number of hydrogen-bond donors (Lipinski definition) is 2. The fraction of sp³-hybridized carbons (Fsp3) is 0.455. The Balaban J connectivity index is 2.25. The number of nitrogens with two attached hydrogens (primary N) is 2. The van der Waals surface area contributed by atoms with Crippen LogP contribution in [-0.4, -0.2) is 19.9 Å². The second-order valence-electron chi connectivity index (χ2n) is 4.60. The molecule has 0 spiro atoms. The molecule has 2 heterocycles. The Hall–Kier alpha value is -1.98. The molecule has 0 saturated carbocycles. The van der Waals surface area contributed by atoms with Gasteiger partial charge in [0, 0.05) is 0 Å². The Morgan fingerprint density at radius 2 is 1.88 bits per heavy atom. The molecule has 1 aliphatic rings. The van der Waals surface area contributed by atoms with Crippen LogP contribution >= 0.6 is 0 Å². The molecule has 1 atom stereocenters. The summed E-state index contributed by atoms with van der Waals surface area (Å²) < 4.78 is 0.